The minimum atomic E-state index is -3.74. The summed E-state index contributed by atoms with van der Waals surface area (Å²) in [5.41, 5.74) is 1.50. The molecule has 1 fully saturated rings. The van der Waals surface area contributed by atoms with E-state index in [1.54, 1.807) is 10.3 Å². The summed E-state index contributed by atoms with van der Waals surface area (Å²) in [5.74, 6) is 0.696. The number of aryl methyl sites for hydroxylation is 1. The first kappa shape index (κ1) is 20.4. The molecule has 2 heterocycles. The number of nitrogens with one attached hydrogen (secondary N) is 1. The molecule has 3 aromatic rings. The molecule has 1 saturated heterocycles. The van der Waals surface area contributed by atoms with E-state index in [9.17, 15) is 13.2 Å². The molecule has 0 aliphatic carbocycles. The number of thiazole rings is 1. The molecule has 2 aromatic carbocycles. The quantitative estimate of drug-likeness (QED) is 0.629. The Morgan fingerprint density at radius 1 is 1.20 bits per heavy atom. The lowest BCUT2D eigenvalue weighted by molar-refractivity contribution is 0.0772. The highest BCUT2D eigenvalue weighted by molar-refractivity contribution is 7.93. The molecule has 4 rings (SSSR count). The van der Waals surface area contributed by atoms with Crippen molar-refractivity contribution in [1.29, 1.82) is 0 Å². The SMILES string of the molecule is Cc1ccccc1O[C@@H]1CCN(C(=O)c2ccc(S(=O)(=O)Nc3nccs3)cc2)C1. The molecule has 30 heavy (non-hydrogen) atoms. The van der Waals surface area contributed by atoms with E-state index >= 15 is 0 Å². The predicted molar refractivity (Wildman–Crippen MR) is 115 cm³/mol. The van der Waals surface area contributed by atoms with E-state index < -0.39 is 10.0 Å². The molecule has 0 spiro atoms. The molecule has 156 valence electrons. The van der Waals surface area contributed by atoms with Gasteiger partial charge < -0.3 is 9.64 Å². The number of para-hydroxylation sites is 1. The molecular weight excluding hydrogens is 422 g/mol. The maximum Gasteiger partial charge on any atom is 0.263 e. The highest BCUT2D eigenvalue weighted by Crippen LogP contribution is 2.23. The molecule has 9 heteroatoms. The summed E-state index contributed by atoms with van der Waals surface area (Å²) < 4.78 is 33.3. The van der Waals surface area contributed by atoms with Crippen molar-refractivity contribution in [2.75, 3.05) is 17.8 Å². The zero-order valence-electron chi connectivity index (χ0n) is 16.3. The number of likely N-dealkylation sites (tertiary alicyclic amines) is 1. The first-order chi connectivity index (χ1) is 14.4. The van der Waals surface area contributed by atoms with E-state index in [0.29, 0.717) is 23.8 Å². The van der Waals surface area contributed by atoms with Crippen LogP contribution < -0.4 is 9.46 Å². The van der Waals surface area contributed by atoms with Gasteiger partial charge in [0.25, 0.3) is 15.9 Å². The molecule has 0 radical (unpaired) electrons. The molecule has 0 unspecified atom stereocenters. The fourth-order valence-corrected chi connectivity index (χ4v) is 5.07. The average Bonchev–Trinajstić information content (AvgIpc) is 3.41. The Morgan fingerprint density at radius 2 is 1.97 bits per heavy atom. The van der Waals surface area contributed by atoms with E-state index in [-0.39, 0.29) is 16.9 Å². The van der Waals surface area contributed by atoms with Gasteiger partial charge in [0.05, 0.1) is 11.4 Å². The van der Waals surface area contributed by atoms with Crippen LogP contribution >= 0.6 is 11.3 Å². The summed E-state index contributed by atoms with van der Waals surface area (Å²) in [6.07, 6.45) is 2.22. The van der Waals surface area contributed by atoms with Gasteiger partial charge in [-0.05, 0) is 42.8 Å². The Bertz CT molecular complexity index is 1130. The van der Waals surface area contributed by atoms with Gasteiger partial charge in [0.2, 0.25) is 0 Å². The van der Waals surface area contributed by atoms with Crippen molar-refractivity contribution in [3.63, 3.8) is 0 Å². The van der Waals surface area contributed by atoms with Crippen molar-refractivity contribution < 1.29 is 17.9 Å². The van der Waals surface area contributed by atoms with Gasteiger partial charge in [-0.3, -0.25) is 9.52 Å². The van der Waals surface area contributed by atoms with Crippen molar-refractivity contribution in [2.45, 2.75) is 24.3 Å². The lowest BCUT2D eigenvalue weighted by Crippen LogP contribution is -2.31. The molecule has 1 aromatic heterocycles. The molecule has 1 aliphatic heterocycles. The van der Waals surface area contributed by atoms with E-state index in [4.69, 9.17) is 4.74 Å². The third kappa shape index (κ3) is 4.47. The van der Waals surface area contributed by atoms with E-state index in [1.807, 2.05) is 31.2 Å². The van der Waals surface area contributed by atoms with Crippen LogP contribution in [0, 0.1) is 6.92 Å². The van der Waals surface area contributed by atoms with Crippen molar-refractivity contribution in [2.24, 2.45) is 0 Å². The van der Waals surface area contributed by atoms with Crippen molar-refractivity contribution in [1.82, 2.24) is 9.88 Å². The minimum Gasteiger partial charge on any atom is -0.488 e. The molecule has 0 saturated carbocycles. The number of nitrogens with zero attached hydrogens (tertiary/aromatic N) is 2. The number of anilines is 1. The first-order valence-corrected chi connectivity index (χ1v) is 11.8. The average molecular weight is 444 g/mol. The number of amides is 1. The number of hydrogen-bond acceptors (Lipinski definition) is 6. The van der Waals surface area contributed by atoms with Crippen LogP contribution in [0.15, 0.2) is 65.0 Å². The Hall–Kier alpha value is -2.91. The first-order valence-electron chi connectivity index (χ1n) is 9.46. The van der Waals surface area contributed by atoms with E-state index in [0.717, 1.165) is 17.7 Å². The normalized spacial score (nSPS) is 16.4. The lowest BCUT2D eigenvalue weighted by Gasteiger charge is -2.18. The fraction of sp³-hybridized carbons (Fsp3) is 0.238. The van der Waals surface area contributed by atoms with Crippen LogP contribution in [-0.4, -0.2) is 43.4 Å². The second kappa shape index (κ2) is 8.45. The zero-order valence-corrected chi connectivity index (χ0v) is 17.9. The minimum absolute atomic E-state index is 0.0582. The van der Waals surface area contributed by atoms with Gasteiger partial charge in [-0.1, -0.05) is 18.2 Å². The molecule has 0 bridgehead atoms. The van der Waals surface area contributed by atoms with Crippen molar-refractivity contribution in [3.05, 3.63) is 71.2 Å². The van der Waals surface area contributed by atoms with Crippen LogP contribution in [0.5, 0.6) is 5.75 Å². The highest BCUT2D eigenvalue weighted by atomic mass is 32.2. The summed E-state index contributed by atoms with van der Waals surface area (Å²) in [5, 5.41) is 1.98. The maximum absolute atomic E-state index is 12.8. The summed E-state index contributed by atoms with van der Waals surface area (Å²) in [4.78, 5) is 18.6. The summed E-state index contributed by atoms with van der Waals surface area (Å²) in [7, 11) is -3.74. The fourth-order valence-electron chi connectivity index (χ4n) is 3.28. The smallest absolute Gasteiger partial charge is 0.263 e. The Morgan fingerprint density at radius 3 is 2.67 bits per heavy atom. The molecular formula is C21H21N3O4S2. The number of sulfonamides is 1. The second-order valence-electron chi connectivity index (χ2n) is 7.01. The largest absolute Gasteiger partial charge is 0.488 e. The Balaban J connectivity index is 1.40. The van der Waals surface area contributed by atoms with E-state index in [1.165, 1.54) is 41.8 Å². The van der Waals surface area contributed by atoms with Crippen LogP contribution in [0.4, 0.5) is 5.13 Å². The van der Waals surface area contributed by atoms with Gasteiger partial charge in [0, 0.05) is 30.1 Å². The summed E-state index contributed by atoms with van der Waals surface area (Å²) in [6, 6.07) is 13.7. The van der Waals surface area contributed by atoms with Crippen LogP contribution in [0.25, 0.3) is 0 Å². The topological polar surface area (TPSA) is 88.6 Å². The third-order valence-electron chi connectivity index (χ3n) is 4.89. The van der Waals surface area contributed by atoms with Crippen LogP contribution in [0.2, 0.25) is 0 Å². The molecule has 7 nitrogen and oxygen atoms in total. The number of ether oxygens (including phenoxy) is 1. The van der Waals surface area contributed by atoms with Gasteiger partial charge in [0.15, 0.2) is 5.13 Å². The highest BCUT2D eigenvalue weighted by Gasteiger charge is 2.29. The number of carbonyl (C=O) groups is 1. The molecule has 1 amide bonds. The van der Waals surface area contributed by atoms with Crippen LogP contribution in [0.3, 0.4) is 0 Å². The maximum atomic E-state index is 12.8. The van der Waals surface area contributed by atoms with Gasteiger partial charge >= 0.3 is 0 Å². The van der Waals surface area contributed by atoms with Crippen molar-refractivity contribution >= 4 is 32.4 Å². The third-order valence-corrected chi connectivity index (χ3v) is 7.06. The molecule has 1 N–H and O–H groups in total. The van der Waals surface area contributed by atoms with Crippen LogP contribution in [-0.2, 0) is 10.0 Å². The van der Waals surface area contributed by atoms with Gasteiger partial charge in [-0.25, -0.2) is 13.4 Å². The van der Waals surface area contributed by atoms with Crippen LogP contribution in [0.1, 0.15) is 22.3 Å². The van der Waals surface area contributed by atoms with Gasteiger partial charge in [0.1, 0.15) is 11.9 Å². The van der Waals surface area contributed by atoms with E-state index in [2.05, 4.69) is 9.71 Å². The number of aromatic nitrogens is 1. The zero-order chi connectivity index (χ0) is 21.1. The van der Waals surface area contributed by atoms with Gasteiger partial charge in [-0.2, -0.15) is 0 Å². The van der Waals surface area contributed by atoms with Crippen molar-refractivity contribution in [3.8, 4) is 5.75 Å². The standard InChI is InChI=1S/C21H21N3O4S2/c1-15-4-2-3-5-19(15)28-17-10-12-24(14-17)20(25)16-6-8-18(9-7-16)30(26,27)23-21-22-11-13-29-21/h2-9,11,13,17H,10,12,14H2,1H3,(H,22,23)/t17-/m1/s1. The second-order valence-corrected chi connectivity index (χ2v) is 9.59. The van der Waals surface area contributed by atoms with Gasteiger partial charge in [-0.15, -0.1) is 11.3 Å². The summed E-state index contributed by atoms with van der Waals surface area (Å²) >= 11 is 1.20. The lowest BCUT2D eigenvalue weighted by atomic mass is 10.2. The monoisotopic (exact) mass is 443 g/mol. The Labute approximate surface area is 179 Å². The number of hydrogen-bond donors (Lipinski definition) is 1. The molecule has 1 aliphatic rings. The number of benzene rings is 2. The molecule has 1 atom stereocenters. The number of carbonyl (C=O) groups excluding carboxylic acids is 1. The summed E-state index contributed by atoms with van der Waals surface area (Å²) in [6.45, 7) is 3.09. The Kier molecular flexibility index (Phi) is 5.74. The number of rotatable bonds is 6. The predicted octanol–water partition coefficient (Wildman–Crippen LogP) is 3.55.